The van der Waals surface area contributed by atoms with Crippen molar-refractivity contribution in [2.45, 2.75) is 24.7 Å². The summed E-state index contributed by atoms with van der Waals surface area (Å²) in [4.78, 5) is 0. The average molecular weight is 244 g/mol. The van der Waals surface area contributed by atoms with E-state index >= 15 is 0 Å². The molecule has 0 aromatic heterocycles. The number of nitrogens with one attached hydrogen (secondary N) is 1. The summed E-state index contributed by atoms with van der Waals surface area (Å²) >= 11 is 6.00. The summed E-state index contributed by atoms with van der Waals surface area (Å²) < 4.78 is 0. The zero-order valence-electron chi connectivity index (χ0n) is 8.55. The molecule has 82 valence electrons. The van der Waals surface area contributed by atoms with Gasteiger partial charge < -0.3 is 5.32 Å². The van der Waals surface area contributed by atoms with Gasteiger partial charge in [0.05, 0.1) is 0 Å². The van der Waals surface area contributed by atoms with E-state index in [1.165, 1.54) is 31.4 Å². The van der Waals surface area contributed by atoms with Crippen molar-refractivity contribution in [1.82, 2.24) is 5.32 Å². The van der Waals surface area contributed by atoms with Crippen molar-refractivity contribution < 1.29 is 0 Å². The minimum Gasteiger partial charge on any atom is -0.316 e. The van der Waals surface area contributed by atoms with E-state index in [9.17, 15) is 0 Å². The van der Waals surface area contributed by atoms with Gasteiger partial charge in [-0.25, -0.2) is 0 Å². The summed E-state index contributed by atoms with van der Waals surface area (Å²) in [6, 6.07) is 6.41. The molecule has 1 aromatic carbocycles. The number of hydrogen-bond donors (Lipinski definition) is 1. The van der Waals surface area contributed by atoms with E-state index in [2.05, 4.69) is 17.4 Å². The summed E-state index contributed by atoms with van der Waals surface area (Å²) in [6.45, 7) is 2.32. The van der Waals surface area contributed by atoms with Crippen LogP contribution in [0.15, 0.2) is 18.2 Å². The van der Waals surface area contributed by atoms with Crippen molar-refractivity contribution >= 4 is 24.0 Å². The first-order valence-electron chi connectivity index (χ1n) is 5.30. The van der Waals surface area contributed by atoms with Crippen LogP contribution in [0.2, 0.25) is 5.02 Å². The standard InChI is InChI=1S/C12H14ClN.ClH/c13-10-1-2-11-9(7-10)3-4-12(11)5-6-14-8-12;/h1-2,7,14H,3-6,8H2;1H. The van der Waals surface area contributed by atoms with E-state index in [-0.39, 0.29) is 12.4 Å². The lowest BCUT2D eigenvalue weighted by Crippen LogP contribution is -2.25. The molecule has 1 N–H and O–H groups in total. The van der Waals surface area contributed by atoms with Crippen LogP contribution < -0.4 is 5.32 Å². The van der Waals surface area contributed by atoms with Gasteiger partial charge in [0.2, 0.25) is 0 Å². The van der Waals surface area contributed by atoms with E-state index in [1.54, 1.807) is 5.56 Å². The van der Waals surface area contributed by atoms with Gasteiger partial charge in [-0.3, -0.25) is 0 Å². The Balaban J connectivity index is 0.000000853. The summed E-state index contributed by atoms with van der Waals surface area (Å²) in [5.74, 6) is 0. The van der Waals surface area contributed by atoms with Gasteiger partial charge in [-0.1, -0.05) is 17.7 Å². The zero-order valence-corrected chi connectivity index (χ0v) is 10.1. The highest BCUT2D eigenvalue weighted by molar-refractivity contribution is 6.30. The van der Waals surface area contributed by atoms with Crippen molar-refractivity contribution in [3.8, 4) is 0 Å². The molecule has 1 nitrogen and oxygen atoms in total. The van der Waals surface area contributed by atoms with Gasteiger partial charge in [-0.05, 0) is 49.1 Å². The summed E-state index contributed by atoms with van der Waals surface area (Å²) in [5.41, 5.74) is 3.47. The van der Waals surface area contributed by atoms with Crippen molar-refractivity contribution in [1.29, 1.82) is 0 Å². The molecular weight excluding hydrogens is 229 g/mol. The predicted octanol–water partition coefficient (Wildman–Crippen LogP) is 2.94. The molecule has 0 bridgehead atoms. The van der Waals surface area contributed by atoms with Crippen LogP contribution in [0.1, 0.15) is 24.0 Å². The fourth-order valence-corrected chi connectivity index (χ4v) is 3.18. The topological polar surface area (TPSA) is 12.0 Å². The van der Waals surface area contributed by atoms with E-state index in [0.717, 1.165) is 11.6 Å². The van der Waals surface area contributed by atoms with Crippen LogP contribution in [0, 0.1) is 0 Å². The Hall–Kier alpha value is -0.240. The number of fused-ring (bicyclic) bond motifs is 2. The Morgan fingerprint density at radius 1 is 1.27 bits per heavy atom. The van der Waals surface area contributed by atoms with Crippen LogP contribution in [-0.4, -0.2) is 13.1 Å². The second-order valence-electron chi connectivity index (χ2n) is 4.51. The number of aryl methyl sites for hydroxylation is 1. The zero-order chi connectivity index (χ0) is 9.60. The predicted molar refractivity (Wildman–Crippen MR) is 66.2 cm³/mol. The van der Waals surface area contributed by atoms with Gasteiger partial charge in [0.1, 0.15) is 0 Å². The van der Waals surface area contributed by atoms with E-state index < -0.39 is 0 Å². The quantitative estimate of drug-likeness (QED) is 0.739. The van der Waals surface area contributed by atoms with Crippen LogP contribution in [0.3, 0.4) is 0 Å². The highest BCUT2D eigenvalue weighted by atomic mass is 35.5. The Bertz CT molecular complexity index is 370. The summed E-state index contributed by atoms with van der Waals surface area (Å²) in [6.07, 6.45) is 3.80. The fourth-order valence-electron chi connectivity index (χ4n) is 2.98. The molecule has 0 amide bonds. The van der Waals surface area contributed by atoms with Gasteiger partial charge in [0, 0.05) is 17.0 Å². The molecule has 1 unspecified atom stereocenters. The number of rotatable bonds is 0. The molecule has 3 rings (SSSR count). The molecule has 0 radical (unpaired) electrons. The maximum absolute atomic E-state index is 6.00. The Morgan fingerprint density at radius 3 is 2.87 bits per heavy atom. The van der Waals surface area contributed by atoms with Gasteiger partial charge in [0.15, 0.2) is 0 Å². The highest BCUT2D eigenvalue weighted by Gasteiger charge is 2.40. The molecule has 1 atom stereocenters. The number of benzene rings is 1. The van der Waals surface area contributed by atoms with E-state index in [4.69, 9.17) is 11.6 Å². The summed E-state index contributed by atoms with van der Waals surface area (Å²) in [7, 11) is 0. The molecule has 1 heterocycles. The SMILES string of the molecule is Cl.Clc1ccc2c(c1)CCC21CCNC1. The lowest BCUT2D eigenvalue weighted by molar-refractivity contribution is 0.468. The first kappa shape index (κ1) is 11.3. The van der Waals surface area contributed by atoms with Crippen molar-refractivity contribution in [3.05, 3.63) is 34.3 Å². The lowest BCUT2D eigenvalue weighted by atomic mass is 9.81. The molecule has 15 heavy (non-hydrogen) atoms. The molecule has 3 heteroatoms. The Labute approximate surface area is 102 Å². The third kappa shape index (κ3) is 1.67. The molecule has 1 aliphatic carbocycles. The van der Waals surface area contributed by atoms with Crippen LogP contribution in [0.4, 0.5) is 0 Å². The van der Waals surface area contributed by atoms with Crippen molar-refractivity contribution in [3.63, 3.8) is 0 Å². The van der Waals surface area contributed by atoms with Gasteiger partial charge in [0.25, 0.3) is 0 Å². The second-order valence-corrected chi connectivity index (χ2v) is 4.95. The third-order valence-corrected chi connectivity index (χ3v) is 3.99. The van der Waals surface area contributed by atoms with Crippen LogP contribution in [0.5, 0.6) is 0 Å². The van der Waals surface area contributed by atoms with Gasteiger partial charge >= 0.3 is 0 Å². The first-order valence-corrected chi connectivity index (χ1v) is 5.68. The normalized spacial score (nSPS) is 27.8. The Kier molecular flexibility index (Phi) is 2.98. The first-order chi connectivity index (χ1) is 6.80. The highest BCUT2D eigenvalue weighted by Crippen LogP contribution is 2.43. The molecular formula is C12H15Cl2N. The summed E-state index contributed by atoms with van der Waals surface area (Å²) in [5, 5.41) is 4.36. The van der Waals surface area contributed by atoms with E-state index in [1.807, 2.05) is 6.07 Å². The largest absolute Gasteiger partial charge is 0.316 e. The molecule has 2 aliphatic rings. The molecule has 1 spiro atoms. The fraction of sp³-hybridized carbons (Fsp3) is 0.500. The number of hydrogen-bond acceptors (Lipinski definition) is 1. The molecule has 1 saturated heterocycles. The van der Waals surface area contributed by atoms with Crippen LogP contribution in [0.25, 0.3) is 0 Å². The second kappa shape index (κ2) is 3.97. The van der Waals surface area contributed by atoms with Crippen LogP contribution >= 0.6 is 24.0 Å². The Morgan fingerprint density at radius 2 is 2.13 bits per heavy atom. The van der Waals surface area contributed by atoms with Crippen molar-refractivity contribution in [2.24, 2.45) is 0 Å². The maximum atomic E-state index is 6.00. The van der Waals surface area contributed by atoms with Gasteiger partial charge in [-0.2, -0.15) is 0 Å². The monoisotopic (exact) mass is 243 g/mol. The minimum absolute atomic E-state index is 0. The van der Waals surface area contributed by atoms with Crippen LogP contribution in [-0.2, 0) is 11.8 Å². The molecule has 1 aliphatic heterocycles. The maximum Gasteiger partial charge on any atom is 0.0408 e. The van der Waals surface area contributed by atoms with Gasteiger partial charge in [-0.15, -0.1) is 12.4 Å². The number of halogens is 2. The smallest absolute Gasteiger partial charge is 0.0408 e. The molecule has 1 aromatic rings. The average Bonchev–Trinajstić information content (AvgIpc) is 2.77. The minimum atomic E-state index is 0. The molecule has 0 saturated carbocycles. The lowest BCUT2D eigenvalue weighted by Gasteiger charge is -2.23. The third-order valence-electron chi connectivity index (χ3n) is 3.76. The molecule has 1 fully saturated rings. The van der Waals surface area contributed by atoms with Crippen molar-refractivity contribution in [2.75, 3.05) is 13.1 Å². The van der Waals surface area contributed by atoms with E-state index in [0.29, 0.717) is 5.41 Å².